The first-order valence-electron chi connectivity index (χ1n) is 30.9. The summed E-state index contributed by atoms with van der Waals surface area (Å²) < 4.78 is 103. The summed E-state index contributed by atoms with van der Waals surface area (Å²) in [6, 6.07) is 0. The highest BCUT2D eigenvalue weighted by Gasteiger charge is 2.75. The maximum absolute atomic E-state index is 14.6. The average Bonchev–Trinajstić information content (AvgIpc) is 4.43. The molecule has 12 bridgehead atoms. The molecule has 0 aromatic rings. The van der Waals surface area contributed by atoms with E-state index < -0.39 is 103 Å². The highest BCUT2D eigenvalue weighted by atomic mass is 16.8. The first kappa shape index (κ1) is 54.9. The maximum atomic E-state index is 14.6. The molecule has 4 N–H and O–H groups in total. The largest absolute Gasteiger partial charge is 0.459 e. The molecule has 20 nitrogen and oxygen atoms in total. The van der Waals surface area contributed by atoms with Gasteiger partial charge in [-0.3, -0.25) is 4.79 Å². The predicted molar refractivity (Wildman–Crippen MR) is 275 cm³/mol. The second-order valence-corrected chi connectivity index (χ2v) is 27.8. The Morgan fingerprint density at radius 2 is 1.25 bits per heavy atom. The van der Waals surface area contributed by atoms with Crippen LogP contribution in [0.2, 0.25) is 0 Å². The zero-order chi connectivity index (χ0) is 54.9. The Bertz CT molecular complexity index is 2400. The van der Waals surface area contributed by atoms with E-state index in [4.69, 9.17) is 71.1 Å². The third-order valence-electron chi connectivity index (χ3n) is 22.0. The van der Waals surface area contributed by atoms with Crippen LogP contribution in [0.4, 0.5) is 0 Å². The SMILES string of the molecule is C=C1C2C[C@@H]3O[C@H]4C[C@H]5O[C@]6(C[C@@H]7O[C@]8(C[C@H](C)[C@@H]9O[C@H]([C@@H](O)C[C@@H](O)CO)C[C@@H]9O8)C[C@H](C)[C@@H]7O6)C[C@H]5O[C@H]4[C@H](C)[C@H]3OC(=O)C[C@H]3CC[C@@H]4OC5[C@H]6OC7(O)C[C@](CC[C@H]8CC(=C)[C@H](CC[C@@H](C[C@H]1C)O2)O8)(O[C@H]6[C@H]4O3)O[C@@H]57. The third kappa shape index (κ3) is 9.31. The van der Waals surface area contributed by atoms with Gasteiger partial charge in [-0.25, -0.2) is 0 Å². The van der Waals surface area contributed by atoms with Crippen LogP contribution in [-0.4, -0.2) is 203 Å². The number of rotatable bonds is 4. The van der Waals surface area contributed by atoms with E-state index in [1.807, 2.05) is 0 Å². The number of esters is 1. The van der Waals surface area contributed by atoms with Crippen molar-refractivity contribution in [2.45, 2.75) is 313 Å². The first-order valence-corrected chi connectivity index (χ1v) is 30.9. The van der Waals surface area contributed by atoms with Crippen molar-refractivity contribution in [2.75, 3.05) is 6.61 Å². The number of aliphatic hydroxyl groups is 4. The molecule has 16 fully saturated rings. The van der Waals surface area contributed by atoms with E-state index in [1.165, 1.54) is 0 Å². The van der Waals surface area contributed by atoms with Crippen LogP contribution in [0.25, 0.3) is 0 Å². The molecule has 80 heavy (non-hydrogen) atoms. The fraction of sp³-hybridized carbons (Fsp3) is 0.917. The standard InChI is InChI=1S/C60H86O20/c1-26-13-33-7-9-37-27(2)14-35(66-37)11-12-57-25-60(65)56(80-57)55-54(79-60)53(78-57)52-38(70-55)10-8-34(68-52)16-47(64)73-51-31(6)50-43(69-42(51)17-39(67-33)30(26)5)19-41-45(72-50)22-59(74-41)23-46-49(77-59)29(4)21-58(76-46)20-28(3)48-44(75-58)18-40(71-48)36(63)15-32(62)24-61/h26,28-29,31-46,48-56,61-63,65H,2,5,7-25H2,1,3-4,6H3/t26-,28+,29+,31+,32-,33+,34-,35+,36+,37+,38+,39?,40+,41-,42+,43+,44+,45-,46+,48+,49+,50+,51-,52+,53+,54+,55?,56+,57-,58-,59-,60?/m1/s1. The van der Waals surface area contributed by atoms with Crippen LogP contribution in [0, 0.1) is 23.7 Å². The molecule has 16 aliphatic rings. The van der Waals surface area contributed by atoms with Crippen molar-refractivity contribution in [3.8, 4) is 0 Å². The molecule has 0 aliphatic carbocycles. The Balaban J connectivity index is 0.658. The lowest BCUT2D eigenvalue weighted by Crippen LogP contribution is -2.62. The molecule has 20 heteroatoms. The van der Waals surface area contributed by atoms with Crippen LogP contribution in [0.5, 0.6) is 0 Å². The summed E-state index contributed by atoms with van der Waals surface area (Å²) in [5.41, 5.74) is 2.08. The Hall–Kier alpha value is -1.77. The first-order chi connectivity index (χ1) is 38.3. The molecule has 0 aromatic carbocycles. The molecule has 16 aliphatic heterocycles. The van der Waals surface area contributed by atoms with E-state index in [1.54, 1.807) is 0 Å². The van der Waals surface area contributed by atoms with Gasteiger partial charge in [-0.15, -0.1) is 0 Å². The summed E-state index contributed by atoms with van der Waals surface area (Å²) in [4.78, 5) is 14.6. The van der Waals surface area contributed by atoms with Crippen LogP contribution >= 0.6 is 0 Å². The number of fused-ring (bicyclic) bond motifs is 10. The molecule has 0 aromatic heterocycles. The molecule has 3 spiro atoms. The molecule has 16 rings (SSSR count). The maximum Gasteiger partial charge on any atom is 0.308 e. The van der Waals surface area contributed by atoms with Crippen LogP contribution in [0.3, 0.4) is 0 Å². The van der Waals surface area contributed by atoms with Gasteiger partial charge in [0.15, 0.2) is 17.4 Å². The highest BCUT2D eigenvalue weighted by Crippen LogP contribution is 2.59. The lowest BCUT2D eigenvalue weighted by atomic mass is 9.79. The van der Waals surface area contributed by atoms with Crippen LogP contribution in [0.15, 0.2) is 24.3 Å². The van der Waals surface area contributed by atoms with E-state index in [0.717, 1.165) is 36.8 Å². The quantitative estimate of drug-likeness (QED) is 0.228. The van der Waals surface area contributed by atoms with E-state index in [0.29, 0.717) is 70.6 Å². The normalized spacial score (nSPS) is 57.6. The number of aliphatic hydroxyl groups excluding tert-OH is 3. The van der Waals surface area contributed by atoms with Gasteiger partial charge in [0.1, 0.15) is 36.6 Å². The van der Waals surface area contributed by atoms with Gasteiger partial charge in [0.05, 0.1) is 129 Å². The van der Waals surface area contributed by atoms with Crippen molar-refractivity contribution in [2.24, 2.45) is 23.7 Å². The van der Waals surface area contributed by atoms with Crippen molar-refractivity contribution in [3.63, 3.8) is 0 Å². The van der Waals surface area contributed by atoms with Gasteiger partial charge in [0, 0.05) is 63.7 Å². The van der Waals surface area contributed by atoms with E-state index in [-0.39, 0.29) is 122 Å². The molecule has 0 amide bonds. The zero-order valence-electron chi connectivity index (χ0n) is 46.8. The molecule has 446 valence electrons. The summed E-state index contributed by atoms with van der Waals surface area (Å²) in [5, 5.41) is 42.3. The minimum absolute atomic E-state index is 0.0152. The Kier molecular flexibility index (Phi) is 13.8. The summed E-state index contributed by atoms with van der Waals surface area (Å²) in [7, 11) is 0. The van der Waals surface area contributed by atoms with Crippen molar-refractivity contribution < 1.29 is 96.3 Å². The molecular weight excluding hydrogens is 1040 g/mol. The third-order valence-corrected chi connectivity index (χ3v) is 22.0. The van der Waals surface area contributed by atoms with E-state index in [2.05, 4.69) is 40.9 Å². The lowest BCUT2D eigenvalue weighted by Gasteiger charge is -2.50. The van der Waals surface area contributed by atoms with Gasteiger partial charge in [0.25, 0.3) is 0 Å². The second-order valence-electron chi connectivity index (χ2n) is 27.8. The second kappa shape index (κ2) is 20.2. The van der Waals surface area contributed by atoms with Gasteiger partial charge in [-0.05, 0) is 73.8 Å². The van der Waals surface area contributed by atoms with Crippen molar-refractivity contribution >= 4 is 5.97 Å². The number of carbonyl (C=O) groups excluding carboxylic acids is 1. The van der Waals surface area contributed by atoms with Gasteiger partial charge < -0.3 is 91.5 Å². The Labute approximate surface area is 468 Å². The zero-order valence-corrected chi connectivity index (χ0v) is 46.8. The molecular formula is C60H86O20. The Morgan fingerprint density at radius 3 is 2.09 bits per heavy atom. The van der Waals surface area contributed by atoms with E-state index in [9.17, 15) is 25.2 Å². The summed E-state index contributed by atoms with van der Waals surface area (Å²) in [6.07, 6.45) is -0.945. The van der Waals surface area contributed by atoms with Crippen molar-refractivity contribution in [1.29, 1.82) is 0 Å². The fourth-order valence-corrected chi connectivity index (χ4v) is 18.2. The number of hydrogen-bond acceptors (Lipinski definition) is 20. The van der Waals surface area contributed by atoms with Crippen molar-refractivity contribution in [3.05, 3.63) is 24.3 Å². The smallest absolute Gasteiger partial charge is 0.308 e. The molecule has 0 saturated carbocycles. The average molecular weight is 1130 g/mol. The molecule has 0 radical (unpaired) electrons. The summed E-state index contributed by atoms with van der Waals surface area (Å²) >= 11 is 0. The Morgan fingerprint density at radius 1 is 0.550 bits per heavy atom. The van der Waals surface area contributed by atoms with E-state index >= 15 is 0 Å². The van der Waals surface area contributed by atoms with Gasteiger partial charge in [-0.2, -0.15) is 0 Å². The minimum atomic E-state index is -1.55. The van der Waals surface area contributed by atoms with Crippen LogP contribution < -0.4 is 0 Å². The van der Waals surface area contributed by atoms with Crippen molar-refractivity contribution in [1.82, 2.24) is 0 Å². The highest BCUT2D eigenvalue weighted by molar-refractivity contribution is 5.70. The predicted octanol–water partition coefficient (Wildman–Crippen LogP) is 4.25. The van der Waals surface area contributed by atoms with Gasteiger partial charge >= 0.3 is 5.97 Å². The van der Waals surface area contributed by atoms with Gasteiger partial charge in [-0.1, -0.05) is 40.9 Å². The molecule has 16 saturated heterocycles. The lowest BCUT2D eigenvalue weighted by molar-refractivity contribution is -0.347. The number of ether oxygens (including phenoxy) is 15. The molecule has 32 atom stereocenters. The summed E-state index contributed by atoms with van der Waals surface area (Å²) in [5.74, 6) is -4.74. The van der Waals surface area contributed by atoms with Gasteiger partial charge in [0.2, 0.25) is 5.79 Å². The molecule has 3 unspecified atom stereocenters. The summed E-state index contributed by atoms with van der Waals surface area (Å²) in [6.45, 7) is 17.3. The fourth-order valence-electron chi connectivity index (χ4n) is 18.2. The minimum Gasteiger partial charge on any atom is -0.459 e. The molecule has 16 heterocycles. The van der Waals surface area contributed by atoms with Crippen LogP contribution in [-0.2, 0) is 75.8 Å². The monoisotopic (exact) mass is 1130 g/mol. The number of hydrogen-bond donors (Lipinski definition) is 4. The topological polar surface area (TPSA) is 236 Å². The van der Waals surface area contributed by atoms with Crippen LogP contribution in [0.1, 0.15) is 143 Å². The number of carbonyl (C=O) groups is 1.